The minimum absolute atomic E-state index is 0.117. The van der Waals surface area contributed by atoms with E-state index in [-0.39, 0.29) is 11.8 Å². The Morgan fingerprint density at radius 3 is 2.62 bits per heavy atom. The fourth-order valence-electron chi connectivity index (χ4n) is 3.80. The Bertz CT molecular complexity index is 1090. The molecule has 3 aromatic rings. The molecular weight excluding hydrogens is 362 g/mol. The molecule has 4 rings (SSSR count). The summed E-state index contributed by atoms with van der Waals surface area (Å²) in [5.74, 6) is -0.0240. The predicted molar refractivity (Wildman–Crippen MR) is 111 cm³/mol. The van der Waals surface area contributed by atoms with Crippen LogP contribution in [0.5, 0.6) is 0 Å². The molecule has 29 heavy (non-hydrogen) atoms. The van der Waals surface area contributed by atoms with Gasteiger partial charge in [-0.25, -0.2) is 4.85 Å². The molecule has 0 saturated carbocycles. The fraction of sp³-hybridized carbons (Fsp3) is 0.167. The maximum atomic E-state index is 12.7. The largest absolute Gasteiger partial charge is 0.337 e. The summed E-state index contributed by atoms with van der Waals surface area (Å²) in [6.07, 6.45) is 3.12. The maximum absolute atomic E-state index is 12.7. The Kier molecular flexibility index (Phi) is 5.17. The van der Waals surface area contributed by atoms with Crippen LogP contribution in [0.4, 0.5) is 5.69 Å². The number of amides is 1. The molecule has 0 radical (unpaired) electrons. The van der Waals surface area contributed by atoms with E-state index >= 15 is 0 Å². The fourth-order valence-corrected chi connectivity index (χ4v) is 3.80. The second-order valence-corrected chi connectivity index (χ2v) is 7.08. The number of pyridine rings is 1. The first-order chi connectivity index (χ1) is 14.2. The quantitative estimate of drug-likeness (QED) is 0.484. The molecule has 1 aromatic heterocycles. The van der Waals surface area contributed by atoms with Crippen LogP contribution in [0.1, 0.15) is 38.7 Å². The van der Waals surface area contributed by atoms with Gasteiger partial charge in [0, 0.05) is 30.8 Å². The number of carbonyl (C=O) groups is 2. The van der Waals surface area contributed by atoms with E-state index < -0.39 is 0 Å². The predicted octanol–water partition coefficient (Wildman–Crippen LogP) is 4.74. The molecule has 1 aliphatic rings. The van der Waals surface area contributed by atoms with Crippen LogP contribution in [0.25, 0.3) is 16.0 Å². The highest BCUT2D eigenvalue weighted by Gasteiger charge is 2.29. The van der Waals surface area contributed by atoms with Gasteiger partial charge < -0.3 is 4.90 Å². The maximum Gasteiger partial charge on any atom is 0.272 e. The molecule has 1 fully saturated rings. The topological polar surface area (TPSA) is 54.6 Å². The Balaban J connectivity index is 1.53. The highest BCUT2D eigenvalue weighted by molar-refractivity contribution is 5.93. The average molecular weight is 381 g/mol. The van der Waals surface area contributed by atoms with Gasteiger partial charge in [0.2, 0.25) is 5.69 Å². The molecule has 5 nitrogen and oxygen atoms in total. The van der Waals surface area contributed by atoms with Crippen molar-refractivity contribution in [3.63, 3.8) is 0 Å². The SMILES string of the molecule is [C-]#[N+]c1ccc(C(=O)N2CCC(c3ccc(-c4ccccc4)cc3C=O)C2)nc1. The molecule has 0 N–H and O–H groups in total. The number of benzene rings is 2. The number of hydrogen-bond donors (Lipinski definition) is 0. The summed E-state index contributed by atoms with van der Waals surface area (Å²) in [6, 6.07) is 19.1. The average Bonchev–Trinajstić information content (AvgIpc) is 3.29. The van der Waals surface area contributed by atoms with Crippen LogP contribution < -0.4 is 0 Å². The zero-order valence-electron chi connectivity index (χ0n) is 15.8. The monoisotopic (exact) mass is 381 g/mol. The Hall–Kier alpha value is -3.78. The number of aldehydes is 1. The van der Waals surface area contributed by atoms with E-state index in [1.807, 2.05) is 48.5 Å². The minimum atomic E-state index is -0.141. The number of nitrogens with zero attached hydrogens (tertiary/aromatic N) is 3. The third-order valence-corrected chi connectivity index (χ3v) is 5.33. The first-order valence-corrected chi connectivity index (χ1v) is 9.47. The van der Waals surface area contributed by atoms with Crippen molar-refractivity contribution < 1.29 is 9.59 Å². The zero-order chi connectivity index (χ0) is 20.2. The number of hydrogen-bond acceptors (Lipinski definition) is 3. The van der Waals surface area contributed by atoms with Gasteiger partial charge in [0.05, 0.1) is 6.57 Å². The minimum Gasteiger partial charge on any atom is -0.337 e. The standard InChI is InChI=1S/C24H19N3O2/c1-25-21-8-10-23(26-14-21)24(29)27-12-11-19(15-27)22-9-7-18(13-20(22)16-28)17-5-3-2-4-6-17/h2-10,13-14,16,19H,11-12,15H2. The lowest BCUT2D eigenvalue weighted by atomic mass is 9.91. The smallest absolute Gasteiger partial charge is 0.272 e. The molecule has 1 unspecified atom stereocenters. The van der Waals surface area contributed by atoms with Crippen LogP contribution in [0.2, 0.25) is 0 Å². The van der Waals surface area contributed by atoms with E-state index in [1.165, 1.54) is 6.20 Å². The summed E-state index contributed by atoms with van der Waals surface area (Å²) in [4.78, 5) is 33.7. The van der Waals surface area contributed by atoms with Crippen LogP contribution in [0.15, 0.2) is 66.9 Å². The molecule has 0 aliphatic carbocycles. The molecule has 1 atom stereocenters. The van der Waals surface area contributed by atoms with Crippen LogP contribution in [-0.4, -0.2) is 35.2 Å². The van der Waals surface area contributed by atoms with Gasteiger partial charge in [-0.05, 0) is 35.2 Å². The molecule has 142 valence electrons. The Labute approximate surface area is 169 Å². The summed E-state index contributed by atoms with van der Waals surface area (Å²) in [6.45, 7) is 8.15. The first-order valence-electron chi connectivity index (χ1n) is 9.47. The molecule has 1 amide bonds. The Morgan fingerprint density at radius 1 is 1.10 bits per heavy atom. The lowest BCUT2D eigenvalue weighted by Gasteiger charge is -2.17. The van der Waals surface area contributed by atoms with E-state index in [1.54, 1.807) is 17.0 Å². The Morgan fingerprint density at radius 2 is 1.93 bits per heavy atom. The first kappa shape index (κ1) is 18.6. The van der Waals surface area contributed by atoms with E-state index in [0.29, 0.717) is 30.0 Å². The third kappa shape index (κ3) is 3.78. The van der Waals surface area contributed by atoms with Gasteiger partial charge in [0.25, 0.3) is 5.91 Å². The summed E-state index contributed by atoms with van der Waals surface area (Å²) < 4.78 is 0. The molecule has 0 spiro atoms. The van der Waals surface area contributed by atoms with Crippen LogP contribution in [0, 0.1) is 6.57 Å². The van der Waals surface area contributed by atoms with E-state index in [9.17, 15) is 9.59 Å². The van der Waals surface area contributed by atoms with Gasteiger partial charge in [-0.1, -0.05) is 48.5 Å². The van der Waals surface area contributed by atoms with Gasteiger partial charge in [-0.15, -0.1) is 0 Å². The van der Waals surface area contributed by atoms with Gasteiger partial charge in [0.1, 0.15) is 12.0 Å². The molecule has 2 heterocycles. The van der Waals surface area contributed by atoms with Gasteiger partial charge in [0.15, 0.2) is 0 Å². The van der Waals surface area contributed by atoms with Crippen molar-refractivity contribution in [1.82, 2.24) is 9.88 Å². The van der Waals surface area contributed by atoms with Gasteiger partial charge in [-0.3, -0.25) is 14.6 Å². The van der Waals surface area contributed by atoms with Crippen molar-refractivity contribution in [3.05, 3.63) is 95.1 Å². The summed E-state index contributed by atoms with van der Waals surface area (Å²) in [5, 5.41) is 0. The van der Waals surface area contributed by atoms with Crippen molar-refractivity contribution in [3.8, 4) is 11.1 Å². The molecule has 2 aromatic carbocycles. The lowest BCUT2D eigenvalue weighted by molar-refractivity contribution is 0.0785. The third-order valence-electron chi connectivity index (χ3n) is 5.33. The number of aromatic nitrogens is 1. The number of carbonyl (C=O) groups excluding carboxylic acids is 2. The van der Waals surface area contributed by atoms with Crippen molar-refractivity contribution in [2.75, 3.05) is 13.1 Å². The lowest BCUT2D eigenvalue weighted by Crippen LogP contribution is -2.29. The molecule has 0 bridgehead atoms. The van der Waals surface area contributed by atoms with E-state index in [0.717, 1.165) is 29.4 Å². The normalized spacial score (nSPS) is 15.7. The van der Waals surface area contributed by atoms with Crippen LogP contribution in [0.3, 0.4) is 0 Å². The van der Waals surface area contributed by atoms with Crippen molar-refractivity contribution in [1.29, 1.82) is 0 Å². The molecule has 1 saturated heterocycles. The highest BCUT2D eigenvalue weighted by Crippen LogP contribution is 2.32. The second kappa shape index (κ2) is 8.07. The summed E-state index contributed by atoms with van der Waals surface area (Å²) in [5.41, 5.74) is 4.48. The van der Waals surface area contributed by atoms with Gasteiger partial charge >= 0.3 is 0 Å². The highest BCUT2D eigenvalue weighted by atomic mass is 16.2. The van der Waals surface area contributed by atoms with Crippen molar-refractivity contribution >= 4 is 17.9 Å². The van der Waals surface area contributed by atoms with Crippen molar-refractivity contribution in [2.24, 2.45) is 0 Å². The summed E-state index contributed by atoms with van der Waals surface area (Å²) >= 11 is 0. The van der Waals surface area contributed by atoms with Gasteiger partial charge in [-0.2, -0.15) is 0 Å². The van der Waals surface area contributed by atoms with Crippen molar-refractivity contribution in [2.45, 2.75) is 12.3 Å². The van der Waals surface area contributed by atoms with E-state index in [2.05, 4.69) is 9.83 Å². The van der Waals surface area contributed by atoms with Crippen LogP contribution in [-0.2, 0) is 0 Å². The molecular formula is C24H19N3O2. The number of likely N-dealkylation sites (tertiary alicyclic amines) is 1. The molecule has 1 aliphatic heterocycles. The van der Waals surface area contributed by atoms with E-state index in [4.69, 9.17) is 6.57 Å². The summed E-state index contributed by atoms with van der Waals surface area (Å²) in [7, 11) is 0. The molecule has 5 heteroatoms. The van der Waals surface area contributed by atoms with Crippen LogP contribution >= 0.6 is 0 Å². The number of rotatable bonds is 4. The zero-order valence-corrected chi connectivity index (χ0v) is 15.8. The second-order valence-electron chi connectivity index (χ2n) is 7.08.